The summed E-state index contributed by atoms with van der Waals surface area (Å²) in [5.74, 6) is 0. The molecule has 0 aromatic heterocycles. The molecule has 114 valence electrons. The number of allylic oxidation sites excluding steroid dienone is 1. The molecule has 0 saturated heterocycles. The fourth-order valence-corrected chi connectivity index (χ4v) is 8.04. The van der Waals surface area contributed by atoms with Crippen LogP contribution in [0.3, 0.4) is 0 Å². The van der Waals surface area contributed by atoms with E-state index in [1.807, 2.05) is 0 Å². The maximum atomic E-state index is 3.92. The minimum Gasteiger partial charge on any atom is -0.506 e. The Balaban J connectivity index is 0.00000220. The van der Waals surface area contributed by atoms with Gasteiger partial charge in [0.1, 0.15) is 0 Å². The van der Waals surface area contributed by atoms with Gasteiger partial charge in [-0.25, -0.2) is 0 Å². The van der Waals surface area contributed by atoms with Gasteiger partial charge in [0.05, 0.1) is 8.07 Å². The average Bonchev–Trinajstić information content (AvgIpc) is 2.45. The van der Waals surface area contributed by atoms with Gasteiger partial charge >= 0.3 is 17.1 Å². The standard InChI is InChI=1S/C19H23Si.Cu/c1-5-16-20(19(2,3)4,17-12-8-6-9-13-17)18-14-10-7-11-15-18;/h6-15H,1,16H2,2-4H3;/q-1;+1. The zero-order valence-corrected chi connectivity index (χ0v) is 14.9. The van der Waals surface area contributed by atoms with Crippen LogP contribution >= 0.6 is 0 Å². The maximum Gasteiger partial charge on any atom is 1.00 e. The van der Waals surface area contributed by atoms with Crippen LogP contribution in [0.5, 0.6) is 0 Å². The van der Waals surface area contributed by atoms with E-state index < -0.39 is 8.07 Å². The summed E-state index contributed by atoms with van der Waals surface area (Å²) in [5, 5.41) is 3.14. The molecule has 0 spiro atoms. The first kappa shape index (κ1) is 18.0. The van der Waals surface area contributed by atoms with E-state index in [1.54, 1.807) is 0 Å². The second kappa shape index (κ2) is 7.26. The van der Waals surface area contributed by atoms with Crippen molar-refractivity contribution >= 4 is 18.4 Å². The van der Waals surface area contributed by atoms with Gasteiger partial charge in [-0.3, -0.25) is 6.58 Å². The van der Waals surface area contributed by atoms with Crippen LogP contribution in [0.4, 0.5) is 0 Å². The Hall–Kier alpha value is -1.08. The summed E-state index contributed by atoms with van der Waals surface area (Å²) in [6, 6.07) is 22.8. The van der Waals surface area contributed by atoms with Gasteiger partial charge in [-0.05, 0) is 5.04 Å². The molecule has 0 aliphatic carbocycles. The van der Waals surface area contributed by atoms with Crippen LogP contribution in [0.25, 0.3) is 0 Å². The zero-order valence-electron chi connectivity index (χ0n) is 13.0. The molecule has 0 saturated carbocycles. The Kier molecular flexibility index (Phi) is 6.21. The van der Waals surface area contributed by atoms with E-state index in [-0.39, 0.29) is 22.1 Å². The first-order chi connectivity index (χ1) is 9.52. The maximum absolute atomic E-state index is 3.92. The molecular formula is C19H23CuSi. The van der Waals surface area contributed by atoms with Crippen LogP contribution in [-0.2, 0) is 17.1 Å². The predicted molar refractivity (Wildman–Crippen MR) is 91.3 cm³/mol. The normalized spacial score (nSPS) is 11.6. The third-order valence-corrected chi connectivity index (χ3v) is 10.2. The van der Waals surface area contributed by atoms with Crippen molar-refractivity contribution in [2.45, 2.75) is 31.9 Å². The summed E-state index contributed by atoms with van der Waals surface area (Å²) in [7, 11) is -1.92. The SMILES string of the molecule is C=[C-]C[Si](c1ccccc1)(c1ccccc1)C(C)(C)C.[Cu+]. The quantitative estimate of drug-likeness (QED) is 0.581. The predicted octanol–water partition coefficient (Wildman–Crippen LogP) is 4.04. The molecule has 0 atom stereocenters. The summed E-state index contributed by atoms with van der Waals surface area (Å²) in [4.78, 5) is 0. The minimum absolute atomic E-state index is 0. The van der Waals surface area contributed by atoms with Gasteiger partial charge in [0.15, 0.2) is 0 Å². The van der Waals surface area contributed by atoms with E-state index in [1.165, 1.54) is 10.4 Å². The van der Waals surface area contributed by atoms with Gasteiger partial charge in [0.2, 0.25) is 0 Å². The summed E-state index contributed by atoms with van der Waals surface area (Å²) in [6.45, 7) is 11.0. The fraction of sp³-hybridized carbons (Fsp3) is 0.263. The Labute approximate surface area is 140 Å². The molecule has 2 aromatic carbocycles. The third kappa shape index (κ3) is 3.40. The van der Waals surface area contributed by atoms with Crippen molar-refractivity contribution in [3.8, 4) is 0 Å². The minimum atomic E-state index is -1.92. The summed E-state index contributed by atoms with van der Waals surface area (Å²) < 4.78 is 0. The number of hydrogen-bond donors (Lipinski definition) is 0. The zero-order chi connectivity index (χ0) is 14.6. The van der Waals surface area contributed by atoms with Crippen molar-refractivity contribution in [1.82, 2.24) is 0 Å². The van der Waals surface area contributed by atoms with E-state index in [0.717, 1.165) is 6.04 Å². The molecule has 0 aliphatic heterocycles. The van der Waals surface area contributed by atoms with Crippen molar-refractivity contribution in [3.63, 3.8) is 0 Å². The third-order valence-electron chi connectivity index (χ3n) is 4.20. The molecule has 0 bridgehead atoms. The van der Waals surface area contributed by atoms with Gasteiger partial charge in [0.25, 0.3) is 0 Å². The van der Waals surface area contributed by atoms with Crippen LogP contribution < -0.4 is 10.4 Å². The van der Waals surface area contributed by atoms with Crippen molar-refractivity contribution in [2.24, 2.45) is 0 Å². The molecule has 0 nitrogen and oxygen atoms in total. The molecule has 0 unspecified atom stereocenters. The molecule has 0 N–H and O–H groups in total. The first-order valence-electron chi connectivity index (χ1n) is 7.13. The van der Waals surface area contributed by atoms with Gasteiger partial charge in [0, 0.05) is 0 Å². The molecule has 2 rings (SSSR count). The van der Waals surface area contributed by atoms with E-state index in [2.05, 4.69) is 94.1 Å². The molecule has 2 aromatic rings. The van der Waals surface area contributed by atoms with Gasteiger partial charge < -0.3 is 6.08 Å². The molecule has 0 fully saturated rings. The van der Waals surface area contributed by atoms with E-state index >= 15 is 0 Å². The molecule has 0 amide bonds. The smallest absolute Gasteiger partial charge is 0.506 e. The fourth-order valence-electron chi connectivity index (χ4n) is 3.13. The second-order valence-corrected chi connectivity index (χ2v) is 11.1. The number of rotatable bonds is 4. The van der Waals surface area contributed by atoms with Crippen LogP contribution in [0.15, 0.2) is 67.2 Å². The Morgan fingerprint density at radius 2 is 1.24 bits per heavy atom. The molecule has 2 heteroatoms. The Bertz CT molecular complexity index is 516. The number of hydrogen-bond acceptors (Lipinski definition) is 0. The Morgan fingerprint density at radius 1 is 0.857 bits per heavy atom. The molecule has 0 radical (unpaired) electrons. The van der Waals surface area contributed by atoms with Crippen LogP contribution in [0, 0.1) is 6.08 Å². The van der Waals surface area contributed by atoms with Gasteiger partial charge in [-0.15, -0.1) is 0 Å². The van der Waals surface area contributed by atoms with Crippen LogP contribution in [0.2, 0.25) is 11.1 Å². The van der Waals surface area contributed by atoms with Crippen LogP contribution in [0.1, 0.15) is 20.8 Å². The van der Waals surface area contributed by atoms with Gasteiger partial charge in [-0.2, -0.15) is 6.04 Å². The summed E-state index contributed by atoms with van der Waals surface area (Å²) >= 11 is 0. The van der Waals surface area contributed by atoms with E-state index in [4.69, 9.17) is 0 Å². The van der Waals surface area contributed by atoms with Crippen molar-refractivity contribution in [1.29, 1.82) is 0 Å². The molecular weight excluding hydrogens is 320 g/mol. The monoisotopic (exact) mass is 342 g/mol. The molecule has 0 aliphatic rings. The largest absolute Gasteiger partial charge is 1.00 e. The van der Waals surface area contributed by atoms with Crippen molar-refractivity contribution in [2.75, 3.05) is 0 Å². The molecule has 0 heterocycles. The average molecular weight is 343 g/mol. The van der Waals surface area contributed by atoms with Crippen molar-refractivity contribution < 1.29 is 17.1 Å². The van der Waals surface area contributed by atoms with E-state index in [0.29, 0.717) is 0 Å². The van der Waals surface area contributed by atoms with E-state index in [9.17, 15) is 0 Å². The van der Waals surface area contributed by atoms with Gasteiger partial charge in [-0.1, -0.05) is 91.8 Å². The Morgan fingerprint density at radius 3 is 1.52 bits per heavy atom. The summed E-state index contributed by atoms with van der Waals surface area (Å²) in [5.41, 5.74) is 0. The molecule has 21 heavy (non-hydrogen) atoms. The summed E-state index contributed by atoms with van der Waals surface area (Å²) in [6.07, 6.45) is 3.22. The number of benzene rings is 2. The first-order valence-corrected chi connectivity index (χ1v) is 9.34. The van der Waals surface area contributed by atoms with Crippen LogP contribution in [-0.4, -0.2) is 8.07 Å². The van der Waals surface area contributed by atoms with Crippen molar-refractivity contribution in [3.05, 3.63) is 73.3 Å². The second-order valence-electron chi connectivity index (χ2n) is 6.31. The topological polar surface area (TPSA) is 0 Å².